The van der Waals surface area contributed by atoms with Crippen LogP contribution in [0.25, 0.3) is 0 Å². The van der Waals surface area contributed by atoms with Crippen LogP contribution in [-0.4, -0.2) is 6.29 Å². The second-order valence-electron chi connectivity index (χ2n) is 3.96. The molecule has 0 aliphatic carbocycles. The van der Waals surface area contributed by atoms with Crippen LogP contribution in [0.5, 0.6) is 0 Å². The highest BCUT2D eigenvalue weighted by atomic mass is 16.1. The SMILES string of the molecule is CC(C)(C)c1ccccc1C=O. The summed E-state index contributed by atoms with van der Waals surface area (Å²) in [4.78, 5) is 10.7. The number of carbonyl (C=O) groups is 1. The average Bonchev–Trinajstić information content (AvgIpc) is 2.03. The Balaban J connectivity index is 3.23. The molecule has 0 saturated heterocycles. The molecule has 0 unspecified atom stereocenters. The smallest absolute Gasteiger partial charge is 0.150 e. The van der Waals surface area contributed by atoms with Crippen molar-refractivity contribution in [3.8, 4) is 0 Å². The van der Waals surface area contributed by atoms with Crippen LogP contribution in [-0.2, 0) is 5.41 Å². The van der Waals surface area contributed by atoms with Gasteiger partial charge in [-0.05, 0) is 11.0 Å². The first-order valence-electron chi connectivity index (χ1n) is 4.10. The summed E-state index contributed by atoms with van der Waals surface area (Å²) in [6.07, 6.45) is 0.917. The van der Waals surface area contributed by atoms with Gasteiger partial charge < -0.3 is 0 Å². The van der Waals surface area contributed by atoms with E-state index in [0.29, 0.717) is 0 Å². The minimum atomic E-state index is 0.0531. The highest BCUT2D eigenvalue weighted by molar-refractivity contribution is 5.77. The molecule has 0 aliphatic rings. The first-order chi connectivity index (χ1) is 5.55. The van der Waals surface area contributed by atoms with Crippen LogP contribution in [0.4, 0.5) is 0 Å². The summed E-state index contributed by atoms with van der Waals surface area (Å²) < 4.78 is 0. The Bertz CT molecular complexity index is 281. The van der Waals surface area contributed by atoms with Crippen molar-refractivity contribution in [2.75, 3.05) is 0 Å². The molecule has 0 atom stereocenters. The third kappa shape index (κ3) is 1.73. The number of carbonyl (C=O) groups excluding carboxylic acids is 1. The number of hydrogen-bond acceptors (Lipinski definition) is 1. The van der Waals surface area contributed by atoms with E-state index in [2.05, 4.69) is 20.8 Å². The van der Waals surface area contributed by atoms with E-state index in [4.69, 9.17) is 0 Å². The quantitative estimate of drug-likeness (QED) is 0.580. The number of hydrogen-bond donors (Lipinski definition) is 0. The predicted molar refractivity (Wildman–Crippen MR) is 50.5 cm³/mol. The molecular weight excluding hydrogens is 148 g/mol. The van der Waals surface area contributed by atoms with E-state index in [-0.39, 0.29) is 5.41 Å². The van der Waals surface area contributed by atoms with Crippen LogP contribution < -0.4 is 0 Å². The molecule has 1 nitrogen and oxygen atoms in total. The van der Waals surface area contributed by atoms with Crippen molar-refractivity contribution in [1.82, 2.24) is 0 Å². The molecule has 0 amide bonds. The molecule has 0 bridgehead atoms. The fraction of sp³-hybridized carbons (Fsp3) is 0.364. The fourth-order valence-electron chi connectivity index (χ4n) is 1.28. The third-order valence-electron chi connectivity index (χ3n) is 1.90. The molecule has 0 spiro atoms. The number of benzene rings is 1. The fourth-order valence-corrected chi connectivity index (χ4v) is 1.28. The van der Waals surface area contributed by atoms with Gasteiger partial charge in [-0.2, -0.15) is 0 Å². The summed E-state index contributed by atoms with van der Waals surface area (Å²) in [6, 6.07) is 7.71. The molecule has 0 heterocycles. The van der Waals surface area contributed by atoms with Gasteiger partial charge in [0.25, 0.3) is 0 Å². The second-order valence-corrected chi connectivity index (χ2v) is 3.96. The van der Waals surface area contributed by atoms with Gasteiger partial charge >= 0.3 is 0 Å². The van der Waals surface area contributed by atoms with Gasteiger partial charge in [-0.3, -0.25) is 4.79 Å². The average molecular weight is 162 g/mol. The Morgan fingerprint density at radius 2 is 1.75 bits per heavy atom. The van der Waals surface area contributed by atoms with Crippen LogP contribution in [0.2, 0.25) is 0 Å². The Hall–Kier alpha value is -1.11. The third-order valence-corrected chi connectivity index (χ3v) is 1.90. The molecular formula is C11H14O. The van der Waals surface area contributed by atoms with E-state index in [1.165, 1.54) is 0 Å². The van der Waals surface area contributed by atoms with Gasteiger partial charge in [0.1, 0.15) is 6.29 Å². The first kappa shape index (κ1) is 8.98. The van der Waals surface area contributed by atoms with Gasteiger partial charge in [0.15, 0.2) is 0 Å². The Labute approximate surface area is 73.4 Å². The molecule has 64 valence electrons. The lowest BCUT2D eigenvalue weighted by Crippen LogP contribution is -2.13. The van der Waals surface area contributed by atoms with Crippen molar-refractivity contribution in [1.29, 1.82) is 0 Å². The van der Waals surface area contributed by atoms with Crippen molar-refractivity contribution < 1.29 is 4.79 Å². The van der Waals surface area contributed by atoms with Gasteiger partial charge in [-0.15, -0.1) is 0 Å². The molecule has 12 heavy (non-hydrogen) atoms. The summed E-state index contributed by atoms with van der Waals surface area (Å²) in [7, 11) is 0. The zero-order valence-corrected chi connectivity index (χ0v) is 7.79. The van der Waals surface area contributed by atoms with E-state index in [0.717, 1.165) is 17.4 Å². The van der Waals surface area contributed by atoms with Crippen LogP contribution >= 0.6 is 0 Å². The maximum atomic E-state index is 10.7. The molecule has 0 aromatic heterocycles. The normalized spacial score (nSPS) is 11.2. The molecule has 1 rings (SSSR count). The van der Waals surface area contributed by atoms with Crippen LogP contribution in [0.15, 0.2) is 24.3 Å². The van der Waals surface area contributed by atoms with E-state index < -0.39 is 0 Å². The topological polar surface area (TPSA) is 17.1 Å². The maximum Gasteiger partial charge on any atom is 0.150 e. The van der Waals surface area contributed by atoms with E-state index in [9.17, 15) is 4.79 Å². The van der Waals surface area contributed by atoms with Gasteiger partial charge in [0.05, 0.1) is 0 Å². The van der Waals surface area contributed by atoms with Gasteiger partial charge in [-0.1, -0.05) is 45.0 Å². The predicted octanol–water partition coefficient (Wildman–Crippen LogP) is 2.80. The van der Waals surface area contributed by atoms with Crippen molar-refractivity contribution in [3.05, 3.63) is 35.4 Å². The number of aldehydes is 1. The van der Waals surface area contributed by atoms with Crippen molar-refractivity contribution >= 4 is 6.29 Å². The van der Waals surface area contributed by atoms with Gasteiger partial charge in [-0.25, -0.2) is 0 Å². The summed E-state index contributed by atoms with van der Waals surface area (Å²) >= 11 is 0. The molecule has 0 fully saturated rings. The van der Waals surface area contributed by atoms with Crippen molar-refractivity contribution in [2.45, 2.75) is 26.2 Å². The van der Waals surface area contributed by atoms with Crippen LogP contribution in [0, 0.1) is 0 Å². The van der Waals surface area contributed by atoms with Crippen LogP contribution in [0.1, 0.15) is 36.7 Å². The number of rotatable bonds is 1. The Morgan fingerprint density at radius 1 is 1.17 bits per heavy atom. The van der Waals surface area contributed by atoms with E-state index >= 15 is 0 Å². The Kier molecular flexibility index (Phi) is 2.32. The van der Waals surface area contributed by atoms with Crippen molar-refractivity contribution in [2.24, 2.45) is 0 Å². The summed E-state index contributed by atoms with van der Waals surface area (Å²) in [5, 5.41) is 0. The Morgan fingerprint density at radius 3 is 2.17 bits per heavy atom. The zero-order chi connectivity index (χ0) is 9.19. The molecule has 1 aromatic carbocycles. The lowest BCUT2D eigenvalue weighted by atomic mass is 9.84. The lowest BCUT2D eigenvalue weighted by molar-refractivity contribution is 0.112. The molecule has 1 aromatic rings. The summed E-state index contributed by atoms with van der Waals surface area (Å²) in [5.41, 5.74) is 1.96. The van der Waals surface area contributed by atoms with E-state index in [1.54, 1.807) is 0 Å². The zero-order valence-electron chi connectivity index (χ0n) is 7.79. The van der Waals surface area contributed by atoms with Gasteiger partial charge in [0, 0.05) is 5.56 Å². The highest BCUT2D eigenvalue weighted by Crippen LogP contribution is 2.24. The maximum absolute atomic E-state index is 10.7. The lowest BCUT2D eigenvalue weighted by Gasteiger charge is -2.20. The van der Waals surface area contributed by atoms with Gasteiger partial charge in [0.2, 0.25) is 0 Å². The molecule has 1 heteroatoms. The molecule has 0 N–H and O–H groups in total. The summed E-state index contributed by atoms with van der Waals surface area (Å²) in [5.74, 6) is 0. The van der Waals surface area contributed by atoms with E-state index in [1.807, 2.05) is 24.3 Å². The minimum absolute atomic E-state index is 0.0531. The van der Waals surface area contributed by atoms with Crippen LogP contribution in [0.3, 0.4) is 0 Å². The second kappa shape index (κ2) is 3.10. The molecule has 0 radical (unpaired) electrons. The van der Waals surface area contributed by atoms with Crippen molar-refractivity contribution in [3.63, 3.8) is 0 Å². The minimum Gasteiger partial charge on any atom is -0.298 e. The standard InChI is InChI=1S/C11H14O/c1-11(2,3)10-7-5-4-6-9(10)8-12/h4-8H,1-3H3. The monoisotopic (exact) mass is 162 g/mol. The largest absolute Gasteiger partial charge is 0.298 e. The summed E-state index contributed by atoms with van der Waals surface area (Å²) in [6.45, 7) is 6.32. The molecule has 0 saturated carbocycles. The molecule has 0 aliphatic heterocycles. The highest BCUT2D eigenvalue weighted by Gasteiger charge is 2.16. The first-order valence-corrected chi connectivity index (χ1v) is 4.10.